The van der Waals surface area contributed by atoms with Crippen molar-refractivity contribution in [1.82, 2.24) is 0 Å². The molecule has 0 aliphatic carbocycles. The second-order valence-electron chi connectivity index (χ2n) is 6.02. The zero-order valence-electron chi connectivity index (χ0n) is 14.7. The predicted molar refractivity (Wildman–Crippen MR) is 93.4 cm³/mol. The van der Waals surface area contributed by atoms with Gasteiger partial charge in [0.2, 0.25) is 0 Å². The number of halogens is 3. The number of carbonyl (C=O) groups excluding carboxylic acids is 1. The molecule has 0 aliphatic heterocycles. The monoisotopic (exact) mass is 382 g/mol. The molecule has 0 heterocycles. The Balaban J connectivity index is 2.36. The second kappa shape index (κ2) is 9.01. The number of aliphatic hydroxyl groups excluding tert-OH is 2. The normalized spacial score (nSPS) is 13.9. The van der Waals surface area contributed by atoms with Crippen LogP contribution in [0.15, 0.2) is 48.5 Å². The van der Waals surface area contributed by atoms with Crippen LogP contribution in [0.4, 0.5) is 13.2 Å². The molecule has 0 unspecified atom stereocenters. The molecule has 0 bridgehead atoms. The fourth-order valence-corrected chi connectivity index (χ4v) is 2.86. The Morgan fingerprint density at radius 3 is 2.00 bits per heavy atom. The Labute approximate surface area is 155 Å². The Morgan fingerprint density at radius 2 is 1.56 bits per heavy atom. The summed E-state index contributed by atoms with van der Waals surface area (Å²) in [5, 5.41) is 19.6. The number of ether oxygens (including phenoxy) is 1. The van der Waals surface area contributed by atoms with E-state index in [2.05, 4.69) is 0 Å². The van der Waals surface area contributed by atoms with Gasteiger partial charge in [-0.2, -0.15) is 13.2 Å². The van der Waals surface area contributed by atoms with Crippen LogP contribution in [0.1, 0.15) is 46.3 Å². The molecule has 2 aromatic carbocycles. The summed E-state index contributed by atoms with van der Waals surface area (Å²) in [6, 6.07) is 10.9. The van der Waals surface area contributed by atoms with E-state index in [9.17, 15) is 23.1 Å². The maximum absolute atomic E-state index is 12.8. The van der Waals surface area contributed by atoms with Crippen LogP contribution in [-0.2, 0) is 10.9 Å². The molecule has 0 saturated carbocycles. The minimum Gasteiger partial charge on any atom is -0.462 e. The van der Waals surface area contributed by atoms with Gasteiger partial charge in [0, 0.05) is 12.5 Å². The lowest BCUT2D eigenvalue weighted by molar-refractivity contribution is -0.137. The molecule has 7 heteroatoms. The van der Waals surface area contributed by atoms with E-state index in [1.54, 1.807) is 19.1 Å². The molecule has 4 nitrogen and oxygen atoms in total. The van der Waals surface area contributed by atoms with Crippen LogP contribution in [0.2, 0.25) is 0 Å². The third-order valence-corrected chi connectivity index (χ3v) is 4.19. The number of esters is 1. The van der Waals surface area contributed by atoms with Gasteiger partial charge in [-0.1, -0.05) is 24.3 Å². The summed E-state index contributed by atoms with van der Waals surface area (Å²) in [6.07, 6.45) is -5.38. The molecule has 2 rings (SSSR count). The summed E-state index contributed by atoms with van der Waals surface area (Å²) in [6.45, 7) is 1.67. The molecular formula is C20H21F3O4. The van der Waals surface area contributed by atoms with E-state index < -0.39 is 29.7 Å². The fraction of sp³-hybridized carbons (Fsp3) is 0.350. The quantitative estimate of drug-likeness (QED) is 0.716. The molecule has 0 radical (unpaired) electrons. The van der Waals surface area contributed by atoms with Crippen molar-refractivity contribution in [1.29, 1.82) is 0 Å². The summed E-state index contributed by atoms with van der Waals surface area (Å²) in [5.41, 5.74) is 0.652. The number of carbonyl (C=O) groups is 1. The van der Waals surface area contributed by atoms with E-state index in [0.717, 1.165) is 12.1 Å². The van der Waals surface area contributed by atoms with Gasteiger partial charge in [0.1, 0.15) is 0 Å². The number of benzene rings is 2. The molecule has 146 valence electrons. The van der Waals surface area contributed by atoms with Crippen LogP contribution in [0.5, 0.6) is 0 Å². The summed E-state index contributed by atoms with van der Waals surface area (Å²) >= 11 is 0. The van der Waals surface area contributed by atoms with Crippen molar-refractivity contribution in [2.75, 3.05) is 13.2 Å². The number of alkyl halides is 3. The van der Waals surface area contributed by atoms with Crippen molar-refractivity contribution in [3.05, 3.63) is 70.8 Å². The van der Waals surface area contributed by atoms with Crippen LogP contribution in [0.25, 0.3) is 0 Å². The van der Waals surface area contributed by atoms with E-state index in [-0.39, 0.29) is 19.6 Å². The van der Waals surface area contributed by atoms with Gasteiger partial charge in [-0.05, 0) is 48.7 Å². The molecule has 0 spiro atoms. The van der Waals surface area contributed by atoms with Crippen molar-refractivity contribution in [3.63, 3.8) is 0 Å². The molecule has 0 saturated heterocycles. The molecule has 0 aromatic heterocycles. The second-order valence-corrected chi connectivity index (χ2v) is 6.02. The summed E-state index contributed by atoms with van der Waals surface area (Å²) in [7, 11) is 0. The Kier molecular flexibility index (Phi) is 6.98. The smallest absolute Gasteiger partial charge is 0.416 e. The van der Waals surface area contributed by atoms with Crippen molar-refractivity contribution in [3.8, 4) is 0 Å². The van der Waals surface area contributed by atoms with Crippen LogP contribution >= 0.6 is 0 Å². The van der Waals surface area contributed by atoms with Crippen LogP contribution < -0.4 is 0 Å². The van der Waals surface area contributed by atoms with Gasteiger partial charge in [0.05, 0.1) is 23.8 Å². The minimum absolute atomic E-state index is 0.0608. The highest BCUT2D eigenvalue weighted by Crippen LogP contribution is 2.34. The van der Waals surface area contributed by atoms with Crippen molar-refractivity contribution >= 4 is 5.97 Å². The van der Waals surface area contributed by atoms with Crippen molar-refractivity contribution in [2.45, 2.75) is 31.5 Å². The lowest BCUT2D eigenvalue weighted by Gasteiger charge is -2.24. The average Bonchev–Trinajstić information content (AvgIpc) is 2.62. The van der Waals surface area contributed by atoms with E-state index in [1.807, 2.05) is 0 Å². The third kappa shape index (κ3) is 5.30. The first-order valence-electron chi connectivity index (χ1n) is 8.51. The first-order valence-corrected chi connectivity index (χ1v) is 8.51. The van der Waals surface area contributed by atoms with E-state index in [0.29, 0.717) is 16.7 Å². The number of aliphatic hydroxyl groups is 2. The first-order chi connectivity index (χ1) is 12.8. The minimum atomic E-state index is -4.45. The fourth-order valence-electron chi connectivity index (χ4n) is 2.86. The van der Waals surface area contributed by atoms with E-state index >= 15 is 0 Å². The largest absolute Gasteiger partial charge is 0.462 e. The molecule has 0 aliphatic rings. The standard InChI is InChI=1S/C20H21F3O4/c1-2-27-19(26)15-5-3-13(4-6-15)18(17(25)11-12-24)14-7-9-16(10-8-14)20(21,22)23/h3-10,17-18,24-25H,2,11-12H2,1H3/t17-,18+/m0/s1. The molecule has 2 atom stereocenters. The van der Waals surface area contributed by atoms with E-state index in [1.165, 1.54) is 24.3 Å². The third-order valence-electron chi connectivity index (χ3n) is 4.19. The lowest BCUT2D eigenvalue weighted by Crippen LogP contribution is -2.21. The van der Waals surface area contributed by atoms with Crippen LogP contribution in [0.3, 0.4) is 0 Å². The maximum Gasteiger partial charge on any atom is 0.416 e. The molecular weight excluding hydrogens is 361 g/mol. The number of rotatable bonds is 7. The van der Waals surface area contributed by atoms with Gasteiger partial charge >= 0.3 is 12.1 Å². The number of hydrogen-bond donors (Lipinski definition) is 2. The van der Waals surface area contributed by atoms with Gasteiger partial charge in [-0.15, -0.1) is 0 Å². The van der Waals surface area contributed by atoms with Gasteiger partial charge in [0.25, 0.3) is 0 Å². The Hall–Kier alpha value is -2.38. The highest BCUT2D eigenvalue weighted by Gasteiger charge is 2.31. The Morgan fingerprint density at radius 1 is 1.04 bits per heavy atom. The van der Waals surface area contributed by atoms with Gasteiger partial charge < -0.3 is 14.9 Å². The predicted octanol–water partition coefficient (Wildman–Crippen LogP) is 3.76. The molecule has 2 aromatic rings. The van der Waals surface area contributed by atoms with Gasteiger partial charge in [-0.25, -0.2) is 4.79 Å². The molecule has 27 heavy (non-hydrogen) atoms. The van der Waals surface area contributed by atoms with E-state index in [4.69, 9.17) is 9.84 Å². The zero-order valence-corrected chi connectivity index (χ0v) is 14.7. The number of hydrogen-bond acceptors (Lipinski definition) is 4. The SMILES string of the molecule is CCOC(=O)c1ccc([C@H](c2ccc(C(F)(F)F)cc2)[C@@H](O)CCO)cc1. The van der Waals surface area contributed by atoms with Crippen molar-refractivity contribution < 1.29 is 32.9 Å². The maximum atomic E-state index is 12.8. The first kappa shape index (κ1) is 20.9. The lowest BCUT2D eigenvalue weighted by atomic mass is 9.84. The average molecular weight is 382 g/mol. The Bertz CT molecular complexity index is 739. The van der Waals surface area contributed by atoms with Gasteiger partial charge in [0.15, 0.2) is 0 Å². The summed E-state index contributed by atoms with van der Waals surface area (Å²) in [5.74, 6) is -1.12. The molecule has 2 N–H and O–H groups in total. The zero-order chi connectivity index (χ0) is 20.0. The topological polar surface area (TPSA) is 66.8 Å². The van der Waals surface area contributed by atoms with Crippen LogP contribution in [-0.4, -0.2) is 35.5 Å². The molecule has 0 fully saturated rings. The summed E-state index contributed by atoms with van der Waals surface area (Å²) in [4.78, 5) is 11.8. The van der Waals surface area contributed by atoms with Gasteiger partial charge in [-0.3, -0.25) is 0 Å². The van der Waals surface area contributed by atoms with Crippen LogP contribution in [0, 0.1) is 0 Å². The highest BCUT2D eigenvalue weighted by molar-refractivity contribution is 5.89. The molecule has 0 amide bonds. The highest BCUT2D eigenvalue weighted by atomic mass is 19.4. The summed E-state index contributed by atoms with van der Waals surface area (Å²) < 4.78 is 43.3. The van der Waals surface area contributed by atoms with Crippen molar-refractivity contribution in [2.24, 2.45) is 0 Å².